The van der Waals surface area contributed by atoms with Crippen LogP contribution in [0.25, 0.3) is 0 Å². The lowest BCUT2D eigenvalue weighted by molar-refractivity contribution is 0.0867. The summed E-state index contributed by atoms with van der Waals surface area (Å²) in [6, 6.07) is 18.2. The molecule has 0 saturated heterocycles. The fourth-order valence-corrected chi connectivity index (χ4v) is 2.80. The van der Waals surface area contributed by atoms with Crippen molar-refractivity contribution in [2.24, 2.45) is 0 Å². The van der Waals surface area contributed by atoms with Crippen LogP contribution in [0.2, 0.25) is 0 Å². The maximum atomic E-state index is 12.6. The average Bonchev–Trinajstić information content (AvgIpc) is 2.98. The molecule has 0 radical (unpaired) electrons. The van der Waals surface area contributed by atoms with Crippen LogP contribution in [-0.2, 0) is 6.54 Å². The molecule has 140 valence electrons. The maximum absolute atomic E-state index is 12.6. The molecule has 0 saturated carbocycles. The number of carbonyl (C=O) groups excluding carboxylic acids is 1. The largest absolute Gasteiger partial charge is 0.490 e. The van der Waals surface area contributed by atoms with E-state index < -0.39 is 6.10 Å². The van der Waals surface area contributed by atoms with Gasteiger partial charge in [0.05, 0.1) is 17.8 Å². The average molecular weight is 365 g/mol. The summed E-state index contributed by atoms with van der Waals surface area (Å²) in [7, 11) is 0. The zero-order valence-corrected chi connectivity index (χ0v) is 15.4. The Morgan fingerprint density at radius 2 is 1.85 bits per heavy atom. The summed E-state index contributed by atoms with van der Waals surface area (Å²) in [6.45, 7) is 4.25. The summed E-state index contributed by atoms with van der Waals surface area (Å²) in [5.74, 6) is 0.170. The van der Waals surface area contributed by atoms with E-state index >= 15 is 0 Å². The molecule has 0 aliphatic rings. The molecule has 0 aliphatic carbocycles. The highest BCUT2D eigenvalue weighted by molar-refractivity contribution is 6.06. The third-order valence-electron chi connectivity index (χ3n) is 4.08. The van der Waals surface area contributed by atoms with Gasteiger partial charge in [-0.1, -0.05) is 30.3 Å². The number of ether oxygens (including phenoxy) is 1. The molecule has 0 bridgehead atoms. The van der Waals surface area contributed by atoms with Gasteiger partial charge in [0.2, 0.25) is 0 Å². The predicted octanol–water partition coefficient (Wildman–Crippen LogP) is 3.19. The quantitative estimate of drug-likeness (QED) is 0.674. The second-order valence-electron chi connectivity index (χ2n) is 6.39. The number of anilines is 1. The number of aryl methyl sites for hydroxylation is 2. The Bertz CT molecular complexity index is 906. The fraction of sp³-hybridized carbons (Fsp3) is 0.238. The van der Waals surface area contributed by atoms with Crippen LogP contribution in [0.3, 0.4) is 0 Å². The van der Waals surface area contributed by atoms with Crippen LogP contribution in [0.15, 0.2) is 60.7 Å². The minimum atomic E-state index is -0.742. The zero-order valence-electron chi connectivity index (χ0n) is 15.4. The molecule has 0 fully saturated rings. The van der Waals surface area contributed by atoms with Gasteiger partial charge in [0.1, 0.15) is 18.5 Å². The predicted molar refractivity (Wildman–Crippen MR) is 104 cm³/mol. The van der Waals surface area contributed by atoms with Gasteiger partial charge < -0.3 is 15.2 Å². The molecule has 3 aromatic rings. The van der Waals surface area contributed by atoms with Crippen LogP contribution in [-0.4, -0.2) is 33.5 Å². The van der Waals surface area contributed by atoms with Gasteiger partial charge in [-0.05, 0) is 44.2 Å². The minimum Gasteiger partial charge on any atom is -0.490 e. The van der Waals surface area contributed by atoms with E-state index in [-0.39, 0.29) is 12.5 Å². The van der Waals surface area contributed by atoms with Crippen molar-refractivity contribution in [3.8, 4) is 5.75 Å². The molecule has 1 atom stereocenters. The van der Waals surface area contributed by atoms with Crippen molar-refractivity contribution in [3.05, 3.63) is 77.6 Å². The van der Waals surface area contributed by atoms with Gasteiger partial charge in [-0.15, -0.1) is 0 Å². The number of rotatable bonds is 7. The Morgan fingerprint density at radius 3 is 2.56 bits per heavy atom. The normalized spacial score (nSPS) is 11.8. The number of amides is 1. The first-order valence-corrected chi connectivity index (χ1v) is 8.80. The van der Waals surface area contributed by atoms with Crippen molar-refractivity contribution < 1.29 is 14.6 Å². The topological polar surface area (TPSA) is 76.4 Å². The smallest absolute Gasteiger partial charge is 0.259 e. The molecule has 6 heteroatoms. The van der Waals surface area contributed by atoms with Crippen molar-refractivity contribution in [3.63, 3.8) is 0 Å². The number of aliphatic hydroxyl groups is 1. The Morgan fingerprint density at radius 1 is 1.15 bits per heavy atom. The second kappa shape index (κ2) is 8.51. The van der Waals surface area contributed by atoms with Crippen LogP contribution >= 0.6 is 0 Å². The zero-order chi connectivity index (χ0) is 19.2. The third kappa shape index (κ3) is 4.95. The number of nitrogens with one attached hydrogen (secondary N) is 1. The molecule has 1 amide bonds. The third-order valence-corrected chi connectivity index (χ3v) is 4.08. The van der Waals surface area contributed by atoms with E-state index in [9.17, 15) is 9.90 Å². The summed E-state index contributed by atoms with van der Waals surface area (Å²) in [5.41, 5.74) is 3.01. The summed E-state index contributed by atoms with van der Waals surface area (Å²) in [4.78, 5) is 12.6. The highest BCUT2D eigenvalue weighted by Gasteiger charge is 2.15. The number of hydrogen-bond donors (Lipinski definition) is 2. The number of para-hydroxylation sites is 2. The van der Waals surface area contributed by atoms with E-state index in [0.29, 0.717) is 23.5 Å². The van der Waals surface area contributed by atoms with Crippen molar-refractivity contribution in [2.45, 2.75) is 26.5 Å². The molecule has 1 heterocycles. The van der Waals surface area contributed by atoms with Crippen molar-refractivity contribution in [2.75, 3.05) is 11.9 Å². The maximum Gasteiger partial charge on any atom is 0.259 e. The van der Waals surface area contributed by atoms with Crippen LogP contribution in [0.5, 0.6) is 5.75 Å². The fourth-order valence-electron chi connectivity index (χ4n) is 2.80. The number of benzene rings is 2. The standard InChI is InChI=1S/C21H23N3O3/c1-15-12-16(2)24(23-15)13-18(25)14-27-20-11-7-6-10-19(20)21(26)22-17-8-4-3-5-9-17/h3-12,18,25H,13-14H2,1-2H3,(H,22,26)/t18-/m0/s1. The number of hydrogen-bond acceptors (Lipinski definition) is 4. The Labute approximate surface area is 158 Å². The molecule has 2 N–H and O–H groups in total. The summed E-state index contributed by atoms with van der Waals surface area (Å²) < 4.78 is 7.47. The number of nitrogens with zero attached hydrogens (tertiary/aromatic N) is 2. The first-order chi connectivity index (χ1) is 13.0. The van der Waals surface area contributed by atoms with E-state index in [0.717, 1.165) is 11.4 Å². The molecule has 27 heavy (non-hydrogen) atoms. The molecule has 0 unspecified atom stereocenters. The Balaban J connectivity index is 1.63. The van der Waals surface area contributed by atoms with Crippen LogP contribution in [0, 0.1) is 13.8 Å². The number of carbonyl (C=O) groups is 1. The van der Waals surface area contributed by atoms with Crippen LogP contribution < -0.4 is 10.1 Å². The lowest BCUT2D eigenvalue weighted by Crippen LogP contribution is -2.25. The second-order valence-corrected chi connectivity index (χ2v) is 6.39. The molecule has 3 rings (SSSR count). The highest BCUT2D eigenvalue weighted by Crippen LogP contribution is 2.20. The minimum absolute atomic E-state index is 0.0635. The van der Waals surface area contributed by atoms with Gasteiger partial charge in [-0.2, -0.15) is 5.10 Å². The van der Waals surface area contributed by atoms with Gasteiger partial charge in [-0.25, -0.2) is 0 Å². The molecule has 6 nitrogen and oxygen atoms in total. The van der Waals surface area contributed by atoms with Gasteiger partial charge in [0.25, 0.3) is 5.91 Å². The van der Waals surface area contributed by atoms with Gasteiger partial charge >= 0.3 is 0 Å². The first-order valence-electron chi connectivity index (χ1n) is 8.80. The van der Waals surface area contributed by atoms with Crippen molar-refractivity contribution in [1.29, 1.82) is 0 Å². The van der Waals surface area contributed by atoms with E-state index in [1.54, 1.807) is 28.9 Å². The molecule has 1 aromatic heterocycles. The SMILES string of the molecule is Cc1cc(C)n(C[C@H](O)COc2ccccc2C(=O)Nc2ccccc2)n1. The van der Waals surface area contributed by atoms with E-state index in [1.165, 1.54) is 0 Å². The lowest BCUT2D eigenvalue weighted by Gasteiger charge is -2.15. The summed E-state index contributed by atoms with van der Waals surface area (Å²) in [5, 5.41) is 17.5. The molecular weight excluding hydrogens is 342 g/mol. The Kier molecular flexibility index (Phi) is 5.88. The number of aromatic nitrogens is 2. The van der Waals surface area contributed by atoms with Gasteiger partial charge in [0.15, 0.2) is 0 Å². The van der Waals surface area contributed by atoms with E-state index in [1.807, 2.05) is 50.2 Å². The molecule has 2 aromatic carbocycles. The van der Waals surface area contributed by atoms with E-state index in [2.05, 4.69) is 10.4 Å². The molecular formula is C21H23N3O3. The van der Waals surface area contributed by atoms with Crippen LogP contribution in [0.4, 0.5) is 5.69 Å². The summed E-state index contributed by atoms with van der Waals surface area (Å²) >= 11 is 0. The molecule has 0 spiro atoms. The Hall–Kier alpha value is -3.12. The first kappa shape index (κ1) is 18.7. The summed E-state index contributed by atoms with van der Waals surface area (Å²) in [6.07, 6.45) is -0.742. The van der Waals surface area contributed by atoms with Gasteiger partial charge in [-0.3, -0.25) is 9.48 Å². The van der Waals surface area contributed by atoms with Crippen molar-refractivity contribution >= 4 is 11.6 Å². The lowest BCUT2D eigenvalue weighted by atomic mass is 10.2. The highest BCUT2D eigenvalue weighted by atomic mass is 16.5. The number of aliphatic hydroxyl groups excluding tert-OH is 1. The van der Waals surface area contributed by atoms with E-state index in [4.69, 9.17) is 4.74 Å². The van der Waals surface area contributed by atoms with Crippen LogP contribution in [0.1, 0.15) is 21.7 Å². The van der Waals surface area contributed by atoms with Gasteiger partial charge in [0, 0.05) is 11.4 Å². The monoisotopic (exact) mass is 365 g/mol. The molecule has 0 aliphatic heterocycles. The van der Waals surface area contributed by atoms with Crippen molar-refractivity contribution in [1.82, 2.24) is 9.78 Å².